The third-order valence-corrected chi connectivity index (χ3v) is 4.18. The second kappa shape index (κ2) is 12.5. The molecule has 0 heterocycles. The van der Waals surface area contributed by atoms with E-state index in [1.54, 1.807) is 0 Å². The summed E-state index contributed by atoms with van der Waals surface area (Å²) in [5.41, 5.74) is 2.56. The molecule has 0 saturated heterocycles. The van der Waals surface area contributed by atoms with Crippen molar-refractivity contribution in [2.75, 3.05) is 6.54 Å². The lowest BCUT2D eigenvalue weighted by Gasteiger charge is -2.10. The van der Waals surface area contributed by atoms with Crippen molar-refractivity contribution in [3.05, 3.63) is 35.4 Å². The van der Waals surface area contributed by atoms with Crippen molar-refractivity contribution in [1.82, 2.24) is 10.6 Å². The van der Waals surface area contributed by atoms with Crippen molar-refractivity contribution >= 4 is 17.3 Å². The molecule has 0 saturated carbocycles. The van der Waals surface area contributed by atoms with Gasteiger partial charge in [0.25, 0.3) is 0 Å². The Morgan fingerprint density at radius 2 is 1.45 bits per heavy atom. The molecule has 124 valence electrons. The molecule has 0 aliphatic heterocycles. The van der Waals surface area contributed by atoms with E-state index in [9.17, 15) is 0 Å². The second-order valence-electron chi connectivity index (χ2n) is 6.07. The predicted octanol–water partition coefficient (Wildman–Crippen LogP) is 5.10. The van der Waals surface area contributed by atoms with E-state index in [1.165, 1.54) is 62.5 Å². The van der Waals surface area contributed by atoms with Gasteiger partial charge >= 0.3 is 0 Å². The maximum absolute atomic E-state index is 5.31. The smallest absolute Gasteiger partial charge is 0.166 e. The zero-order chi connectivity index (χ0) is 16.0. The molecule has 2 N–H and O–H groups in total. The number of hydrogen-bond donors (Lipinski definition) is 2. The van der Waals surface area contributed by atoms with Gasteiger partial charge in [0.1, 0.15) is 0 Å². The number of thiocarbonyl (C=S) groups is 1. The van der Waals surface area contributed by atoms with E-state index < -0.39 is 0 Å². The van der Waals surface area contributed by atoms with Crippen LogP contribution in [0.4, 0.5) is 0 Å². The molecule has 0 amide bonds. The fraction of sp³-hybridized carbons (Fsp3) is 0.632. The lowest BCUT2D eigenvalue weighted by atomic mass is 10.1. The topological polar surface area (TPSA) is 24.1 Å². The van der Waals surface area contributed by atoms with Crippen LogP contribution in [-0.2, 0) is 6.54 Å². The van der Waals surface area contributed by atoms with Crippen LogP contribution in [0.2, 0.25) is 0 Å². The van der Waals surface area contributed by atoms with E-state index in [1.807, 2.05) is 0 Å². The lowest BCUT2D eigenvalue weighted by Crippen LogP contribution is -2.35. The van der Waals surface area contributed by atoms with Gasteiger partial charge in [-0.3, -0.25) is 0 Å². The van der Waals surface area contributed by atoms with Gasteiger partial charge in [-0.15, -0.1) is 0 Å². The summed E-state index contributed by atoms with van der Waals surface area (Å²) in [5.74, 6) is 0. The Labute approximate surface area is 142 Å². The molecule has 0 unspecified atom stereocenters. The highest BCUT2D eigenvalue weighted by Gasteiger charge is 1.97. The average molecular weight is 321 g/mol. The van der Waals surface area contributed by atoms with Gasteiger partial charge in [0.05, 0.1) is 0 Å². The maximum Gasteiger partial charge on any atom is 0.166 e. The number of benzene rings is 1. The molecular formula is C19H32N2S. The largest absolute Gasteiger partial charge is 0.363 e. The van der Waals surface area contributed by atoms with Crippen LogP contribution in [0.25, 0.3) is 0 Å². The van der Waals surface area contributed by atoms with Gasteiger partial charge in [-0.1, -0.05) is 81.7 Å². The molecule has 0 aliphatic rings. The minimum absolute atomic E-state index is 0.767. The normalized spacial score (nSPS) is 10.5. The van der Waals surface area contributed by atoms with Crippen molar-refractivity contribution in [2.45, 2.75) is 71.8 Å². The average Bonchev–Trinajstić information content (AvgIpc) is 2.53. The Morgan fingerprint density at radius 1 is 0.864 bits per heavy atom. The highest BCUT2D eigenvalue weighted by atomic mass is 32.1. The molecule has 0 aliphatic carbocycles. The van der Waals surface area contributed by atoms with Crippen LogP contribution >= 0.6 is 12.2 Å². The van der Waals surface area contributed by atoms with Crippen LogP contribution in [0, 0.1) is 6.92 Å². The Morgan fingerprint density at radius 3 is 2.09 bits per heavy atom. The first-order chi connectivity index (χ1) is 10.7. The quantitative estimate of drug-likeness (QED) is 0.438. The fourth-order valence-electron chi connectivity index (χ4n) is 2.41. The number of nitrogens with one attached hydrogen (secondary N) is 2. The van der Waals surface area contributed by atoms with Gasteiger partial charge in [0.2, 0.25) is 0 Å². The van der Waals surface area contributed by atoms with Crippen molar-refractivity contribution in [3.8, 4) is 0 Å². The summed E-state index contributed by atoms with van der Waals surface area (Å²) in [6.45, 7) is 6.15. The van der Waals surface area contributed by atoms with E-state index in [-0.39, 0.29) is 0 Å². The standard InChI is InChI=1S/C19H32N2S/c1-3-4-5-6-7-8-9-10-15-20-19(22)21-16-18-13-11-17(2)12-14-18/h11-14H,3-10,15-16H2,1-2H3,(H2,20,21,22). The van der Waals surface area contributed by atoms with Crippen molar-refractivity contribution < 1.29 is 0 Å². The first-order valence-electron chi connectivity index (χ1n) is 8.79. The van der Waals surface area contributed by atoms with E-state index in [0.717, 1.165) is 18.2 Å². The summed E-state index contributed by atoms with van der Waals surface area (Å²) in [5, 5.41) is 7.33. The summed E-state index contributed by atoms with van der Waals surface area (Å²) in [4.78, 5) is 0. The molecule has 0 fully saturated rings. The van der Waals surface area contributed by atoms with E-state index in [2.05, 4.69) is 48.7 Å². The monoisotopic (exact) mass is 320 g/mol. The first kappa shape index (κ1) is 19.0. The summed E-state index contributed by atoms with van der Waals surface area (Å²) in [6, 6.07) is 8.55. The van der Waals surface area contributed by atoms with E-state index in [4.69, 9.17) is 12.2 Å². The van der Waals surface area contributed by atoms with Crippen LogP contribution < -0.4 is 10.6 Å². The van der Waals surface area contributed by atoms with Gasteiger partial charge in [0.15, 0.2) is 5.11 Å². The third kappa shape index (κ3) is 9.78. The van der Waals surface area contributed by atoms with Crippen LogP contribution in [0.3, 0.4) is 0 Å². The first-order valence-corrected chi connectivity index (χ1v) is 9.20. The van der Waals surface area contributed by atoms with Crippen LogP contribution in [0.15, 0.2) is 24.3 Å². The molecule has 0 spiro atoms. The number of aryl methyl sites for hydroxylation is 1. The SMILES string of the molecule is CCCCCCCCCCNC(=S)NCc1ccc(C)cc1. The Balaban J connectivity index is 1.94. The van der Waals surface area contributed by atoms with Gasteiger partial charge in [-0.05, 0) is 31.1 Å². The van der Waals surface area contributed by atoms with Gasteiger partial charge in [0, 0.05) is 13.1 Å². The maximum atomic E-state index is 5.31. The second-order valence-corrected chi connectivity index (χ2v) is 6.48. The number of rotatable bonds is 11. The Kier molecular flexibility index (Phi) is 10.7. The zero-order valence-corrected chi connectivity index (χ0v) is 15.1. The van der Waals surface area contributed by atoms with E-state index in [0.29, 0.717) is 0 Å². The minimum Gasteiger partial charge on any atom is -0.363 e. The molecule has 3 heteroatoms. The van der Waals surface area contributed by atoms with Crippen molar-refractivity contribution in [3.63, 3.8) is 0 Å². The van der Waals surface area contributed by atoms with Gasteiger partial charge in [-0.2, -0.15) is 0 Å². The lowest BCUT2D eigenvalue weighted by molar-refractivity contribution is 0.572. The van der Waals surface area contributed by atoms with Crippen LogP contribution in [0.5, 0.6) is 0 Å². The highest BCUT2D eigenvalue weighted by Crippen LogP contribution is 2.07. The van der Waals surface area contributed by atoms with Gasteiger partial charge in [-0.25, -0.2) is 0 Å². The molecule has 0 aromatic heterocycles. The summed E-state index contributed by atoms with van der Waals surface area (Å²) < 4.78 is 0. The minimum atomic E-state index is 0.767. The molecule has 2 nitrogen and oxygen atoms in total. The third-order valence-electron chi connectivity index (χ3n) is 3.89. The predicted molar refractivity (Wildman–Crippen MR) is 101 cm³/mol. The summed E-state index contributed by atoms with van der Waals surface area (Å²) >= 11 is 5.31. The summed E-state index contributed by atoms with van der Waals surface area (Å²) in [7, 11) is 0. The molecule has 0 atom stereocenters. The number of unbranched alkanes of at least 4 members (excludes halogenated alkanes) is 7. The number of hydrogen-bond acceptors (Lipinski definition) is 1. The zero-order valence-electron chi connectivity index (χ0n) is 14.3. The molecule has 1 rings (SSSR count). The van der Waals surface area contributed by atoms with Crippen LogP contribution in [-0.4, -0.2) is 11.7 Å². The van der Waals surface area contributed by atoms with Crippen molar-refractivity contribution in [1.29, 1.82) is 0 Å². The summed E-state index contributed by atoms with van der Waals surface area (Å²) in [6.07, 6.45) is 10.8. The molecular weight excluding hydrogens is 288 g/mol. The van der Waals surface area contributed by atoms with E-state index >= 15 is 0 Å². The van der Waals surface area contributed by atoms with Crippen molar-refractivity contribution in [2.24, 2.45) is 0 Å². The Bertz CT molecular complexity index is 400. The molecule has 1 aromatic rings. The Hall–Kier alpha value is -1.09. The van der Waals surface area contributed by atoms with Crippen LogP contribution in [0.1, 0.15) is 69.4 Å². The van der Waals surface area contributed by atoms with Gasteiger partial charge < -0.3 is 10.6 Å². The molecule has 0 radical (unpaired) electrons. The fourth-order valence-corrected chi connectivity index (χ4v) is 2.59. The highest BCUT2D eigenvalue weighted by molar-refractivity contribution is 7.80. The molecule has 22 heavy (non-hydrogen) atoms. The molecule has 1 aromatic carbocycles. The molecule has 0 bridgehead atoms.